The molecule has 146 valence electrons. The first-order valence-corrected chi connectivity index (χ1v) is 10.6. The number of hydrogen-bond donors (Lipinski definition) is 0. The smallest absolute Gasteiger partial charge is 0.0813 e. The predicted octanol–water partition coefficient (Wildman–Crippen LogP) is 7.19. The molecule has 2 aromatic rings. The van der Waals surface area contributed by atoms with Crippen LogP contribution in [-0.4, -0.2) is 12.7 Å². The van der Waals surface area contributed by atoms with Gasteiger partial charge in [0.15, 0.2) is 0 Å². The van der Waals surface area contributed by atoms with E-state index in [9.17, 15) is 0 Å². The summed E-state index contributed by atoms with van der Waals surface area (Å²) in [7, 11) is 0. The Labute approximate surface area is 162 Å². The Balaban J connectivity index is 0.000000948. The van der Waals surface area contributed by atoms with Gasteiger partial charge in [0.25, 0.3) is 0 Å². The van der Waals surface area contributed by atoms with Gasteiger partial charge in [-0.2, -0.15) is 0 Å². The lowest BCUT2D eigenvalue weighted by Gasteiger charge is -2.09. The van der Waals surface area contributed by atoms with Crippen LogP contribution >= 0.6 is 0 Å². The van der Waals surface area contributed by atoms with Gasteiger partial charge >= 0.3 is 0 Å². The van der Waals surface area contributed by atoms with E-state index in [1.165, 1.54) is 28.7 Å². The van der Waals surface area contributed by atoms with Gasteiger partial charge in [0.2, 0.25) is 0 Å². The van der Waals surface area contributed by atoms with E-state index in [4.69, 9.17) is 4.74 Å². The summed E-state index contributed by atoms with van der Waals surface area (Å²) in [6.07, 6.45) is 5.10. The van der Waals surface area contributed by atoms with E-state index >= 15 is 0 Å². The summed E-state index contributed by atoms with van der Waals surface area (Å²) in [4.78, 5) is 0. The monoisotopic (exact) mass is 356 g/mol. The highest BCUT2D eigenvalue weighted by Crippen LogP contribution is 2.20. The minimum Gasteiger partial charge on any atom is -0.373 e. The molecule has 0 aromatic heterocycles. The van der Waals surface area contributed by atoms with E-state index in [2.05, 4.69) is 55.5 Å². The number of hydrogen-bond acceptors (Lipinski definition) is 1. The van der Waals surface area contributed by atoms with Crippen LogP contribution in [-0.2, 0) is 24.0 Å². The molecule has 1 nitrogen and oxygen atoms in total. The van der Waals surface area contributed by atoms with E-state index in [1.807, 2.05) is 41.5 Å². The van der Waals surface area contributed by atoms with E-state index in [1.54, 1.807) is 0 Å². The van der Waals surface area contributed by atoms with Crippen LogP contribution in [0.5, 0.6) is 0 Å². The summed E-state index contributed by atoms with van der Waals surface area (Å²) in [6.45, 7) is 15.1. The number of benzene rings is 2. The molecular weight excluding hydrogens is 316 g/mol. The maximum atomic E-state index is 5.31. The molecule has 0 aliphatic carbocycles. The van der Waals surface area contributed by atoms with Crippen molar-refractivity contribution in [1.82, 2.24) is 0 Å². The molecule has 0 bridgehead atoms. The lowest BCUT2D eigenvalue weighted by Crippen LogP contribution is -1.99. The molecule has 3 rings (SSSR count). The molecule has 0 radical (unpaired) electrons. The van der Waals surface area contributed by atoms with Crippen LogP contribution in [0.1, 0.15) is 70.2 Å². The van der Waals surface area contributed by atoms with Gasteiger partial charge < -0.3 is 4.74 Å². The van der Waals surface area contributed by atoms with Crippen LogP contribution < -0.4 is 0 Å². The summed E-state index contributed by atoms with van der Waals surface area (Å²) in [6, 6.07) is 17.7. The number of rotatable bonds is 6. The standard InChI is InChI=1S/C19H22O.3C2H6/c1-15-5-4-6-16(13-15)9-10-17-7-2-3-8-18(17)11-12-19-14-20-19;3*1-2/h2-8,13,19H,9-12,14H2,1H3;3*1-2H3. The molecule has 0 spiro atoms. The highest BCUT2D eigenvalue weighted by molar-refractivity contribution is 5.29. The van der Waals surface area contributed by atoms with Crippen LogP contribution in [0.2, 0.25) is 0 Å². The molecule has 0 saturated carbocycles. The largest absolute Gasteiger partial charge is 0.373 e. The number of epoxide rings is 1. The van der Waals surface area contributed by atoms with Crippen molar-refractivity contribution in [3.63, 3.8) is 0 Å². The Morgan fingerprint density at radius 3 is 1.88 bits per heavy atom. The van der Waals surface area contributed by atoms with E-state index in [0.29, 0.717) is 6.10 Å². The highest BCUT2D eigenvalue weighted by atomic mass is 16.6. The van der Waals surface area contributed by atoms with Crippen LogP contribution in [0, 0.1) is 6.92 Å². The average molecular weight is 357 g/mol. The number of ether oxygens (including phenoxy) is 1. The molecule has 1 aliphatic rings. The lowest BCUT2D eigenvalue weighted by atomic mass is 9.96. The summed E-state index contributed by atoms with van der Waals surface area (Å²) in [5, 5.41) is 0. The van der Waals surface area contributed by atoms with Crippen LogP contribution in [0.4, 0.5) is 0 Å². The Morgan fingerprint density at radius 1 is 0.769 bits per heavy atom. The van der Waals surface area contributed by atoms with Gasteiger partial charge in [-0.3, -0.25) is 0 Å². The van der Waals surface area contributed by atoms with E-state index in [-0.39, 0.29) is 0 Å². The van der Waals surface area contributed by atoms with Gasteiger partial charge in [-0.1, -0.05) is 95.6 Å². The predicted molar refractivity (Wildman–Crippen MR) is 117 cm³/mol. The summed E-state index contributed by atoms with van der Waals surface area (Å²) in [5.41, 5.74) is 5.78. The van der Waals surface area contributed by atoms with Gasteiger partial charge in [0.05, 0.1) is 12.7 Å². The molecule has 1 unspecified atom stereocenters. The zero-order valence-electron chi connectivity index (χ0n) is 18.1. The Hall–Kier alpha value is -1.60. The Bertz CT molecular complexity index is 570. The van der Waals surface area contributed by atoms with Crippen molar-refractivity contribution in [1.29, 1.82) is 0 Å². The third-order valence-electron chi connectivity index (χ3n) is 4.02. The normalized spacial score (nSPS) is 13.9. The molecule has 0 amide bonds. The van der Waals surface area contributed by atoms with Gasteiger partial charge in [-0.15, -0.1) is 0 Å². The van der Waals surface area contributed by atoms with E-state index < -0.39 is 0 Å². The Morgan fingerprint density at radius 2 is 1.35 bits per heavy atom. The molecule has 0 N–H and O–H groups in total. The van der Waals surface area contributed by atoms with Gasteiger partial charge in [-0.25, -0.2) is 0 Å². The van der Waals surface area contributed by atoms with Gasteiger partial charge in [0.1, 0.15) is 0 Å². The fraction of sp³-hybridized carbons (Fsp3) is 0.520. The molecular formula is C25H40O. The minimum atomic E-state index is 0.528. The first-order chi connectivity index (χ1) is 12.8. The van der Waals surface area contributed by atoms with Crippen molar-refractivity contribution in [2.75, 3.05) is 6.61 Å². The third-order valence-corrected chi connectivity index (χ3v) is 4.02. The lowest BCUT2D eigenvalue weighted by molar-refractivity contribution is 0.396. The molecule has 1 saturated heterocycles. The SMILES string of the molecule is CC.CC.CC.Cc1cccc(CCc2ccccc2CCC2CO2)c1. The molecule has 1 atom stereocenters. The van der Waals surface area contributed by atoms with Gasteiger partial charge in [-0.05, 0) is 49.3 Å². The van der Waals surface area contributed by atoms with Crippen molar-refractivity contribution in [2.45, 2.75) is 80.3 Å². The molecule has 1 aliphatic heterocycles. The van der Waals surface area contributed by atoms with Gasteiger partial charge in [0, 0.05) is 0 Å². The molecule has 2 aromatic carbocycles. The third kappa shape index (κ3) is 9.77. The highest BCUT2D eigenvalue weighted by Gasteiger charge is 2.21. The summed E-state index contributed by atoms with van der Waals surface area (Å²) in [5.74, 6) is 0. The zero-order chi connectivity index (χ0) is 19.8. The fourth-order valence-electron chi connectivity index (χ4n) is 2.74. The first kappa shape index (κ1) is 24.4. The van der Waals surface area contributed by atoms with Crippen molar-refractivity contribution in [2.24, 2.45) is 0 Å². The molecule has 1 heterocycles. The van der Waals surface area contributed by atoms with Crippen molar-refractivity contribution < 1.29 is 4.74 Å². The summed E-state index contributed by atoms with van der Waals surface area (Å²) < 4.78 is 5.31. The maximum Gasteiger partial charge on any atom is 0.0813 e. The minimum absolute atomic E-state index is 0.528. The number of aryl methyl sites for hydroxylation is 4. The van der Waals surface area contributed by atoms with Crippen molar-refractivity contribution in [3.8, 4) is 0 Å². The van der Waals surface area contributed by atoms with Crippen LogP contribution in [0.3, 0.4) is 0 Å². The van der Waals surface area contributed by atoms with Crippen LogP contribution in [0.25, 0.3) is 0 Å². The van der Waals surface area contributed by atoms with Crippen molar-refractivity contribution >= 4 is 0 Å². The maximum absolute atomic E-state index is 5.31. The second kappa shape index (κ2) is 15.6. The van der Waals surface area contributed by atoms with Crippen LogP contribution in [0.15, 0.2) is 48.5 Å². The topological polar surface area (TPSA) is 12.5 Å². The zero-order valence-corrected chi connectivity index (χ0v) is 18.1. The summed E-state index contributed by atoms with van der Waals surface area (Å²) >= 11 is 0. The second-order valence-corrected chi connectivity index (χ2v) is 5.75. The average Bonchev–Trinajstić information content (AvgIpc) is 3.55. The molecule has 1 fully saturated rings. The quantitative estimate of drug-likeness (QED) is 0.499. The second-order valence-electron chi connectivity index (χ2n) is 5.75. The molecule has 26 heavy (non-hydrogen) atoms. The first-order valence-electron chi connectivity index (χ1n) is 10.6. The van der Waals surface area contributed by atoms with Crippen molar-refractivity contribution in [3.05, 3.63) is 70.8 Å². The fourth-order valence-corrected chi connectivity index (χ4v) is 2.74. The molecule has 1 heteroatoms. The van der Waals surface area contributed by atoms with E-state index in [0.717, 1.165) is 25.9 Å². The Kier molecular flexibility index (Phi) is 14.7.